The van der Waals surface area contributed by atoms with E-state index in [0.717, 1.165) is 0 Å². The number of amides is 1. The Morgan fingerprint density at radius 2 is 1.85 bits per heavy atom. The molecule has 6 nitrogen and oxygen atoms in total. The van der Waals surface area contributed by atoms with Crippen molar-refractivity contribution in [1.82, 2.24) is 5.32 Å². The zero-order valence-electron chi connectivity index (χ0n) is 12.1. The summed E-state index contributed by atoms with van der Waals surface area (Å²) in [6.07, 6.45) is -0.667. The van der Waals surface area contributed by atoms with Crippen LogP contribution in [0.4, 0.5) is 4.79 Å². The summed E-state index contributed by atoms with van der Waals surface area (Å²) in [6.45, 7) is 6.66. The first kappa shape index (κ1) is 15.9. The number of hydrogen-bond donors (Lipinski definition) is 1. The van der Waals surface area contributed by atoms with Crippen LogP contribution in [0.15, 0.2) is 30.3 Å². The molecule has 0 aromatic heterocycles. The van der Waals surface area contributed by atoms with Crippen LogP contribution in [0, 0.1) is 10.1 Å². The summed E-state index contributed by atoms with van der Waals surface area (Å²) in [5.74, 6) is 0. The quantitative estimate of drug-likeness (QED) is 0.679. The molecule has 0 bridgehead atoms. The number of carbonyl (C=O) groups is 1. The van der Waals surface area contributed by atoms with Gasteiger partial charge in [0.05, 0.1) is 0 Å². The maximum absolute atomic E-state index is 11.8. The van der Waals surface area contributed by atoms with E-state index in [2.05, 4.69) is 5.32 Å². The van der Waals surface area contributed by atoms with Crippen LogP contribution in [0.25, 0.3) is 0 Å². The predicted octanol–water partition coefficient (Wildman–Crippen LogP) is 2.92. The van der Waals surface area contributed by atoms with Gasteiger partial charge in [-0.1, -0.05) is 30.3 Å². The van der Waals surface area contributed by atoms with E-state index >= 15 is 0 Å². The molecule has 0 aliphatic heterocycles. The largest absolute Gasteiger partial charge is 0.444 e. The van der Waals surface area contributed by atoms with E-state index in [1.165, 1.54) is 6.92 Å². The lowest BCUT2D eigenvalue weighted by molar-refractivity contribution is -0.523. The first-order chi connectivity index (χ1) is 9.20. The lowest BCUT2D eigenvalue weighted by Crippen LogP contribution is -2.41. The van der Waals surface area contributed by atoms with Gasteiger partial charge < -0.3 is 10.1 Å². The SMILES string of the molecule is C[C@H]([C@H](NC(=O)OC(C)(C)C)c1ccccc1)[N+](=O)[O-]. The van der Waals surface area contributed by atoms with Gasteiger partial charge >= 0.3 is 6.09 Å². The summed E-state index contributed by atoms with van der Waals surface area (Å²) in [7, 11) is 0. The molecule has 0 fully saturated rings. The summed E-state index contributed by atoms with van der Waals surface area (Å²) in [6, 6.07) is 7.14. The van der Waals surface area contributed by atoms with E-state index in [1.54, 1.807) is 45.0 Å². The molecule has 1 aromatic carbocycles. The average molecular weight is 280 g/mol. The Balaban J connectivity index is 2.90. The van der Waals surface area contributed by atoms with Gasteiger partial charge in [-0.3, -0.25) is 10.1 Å². The van der Waals surface area contributed by atoms with Crippen molar-refractivity contribution < 1.29 is 14.5 Å². The van der Waals surface area contributed by atoms with Crippen molar-refractivity contribution in [2.75, 3.05) is 0 Å². The van der Waals surface area contributed by atoms with Crippen molar-refractivity contribution >= 4 is 6.09 Å². The van der Waals surface area contributed by atoms with Crippen LogP contribution >= 0.6 is 0 Å². The maximum atomic E-state index is 11.8. The molecule has 1 amide bonds. The maximum Gasteiger partial charge on any atom is 0.408 e. The van der Waals surface area contributed by atoms with Gasteiger partial charge in [0.1, 0.15) is 11.6 Å². The third-order valence-electron chi connectivity index (χ3n) is 2.65. The first-order valence-electron chi connectivity index (χ1n) is 6.38. The molecule has 0 saturated carbocycles. The molecule has 20 heavy (non-hydrogen) atoms. The van der Waals surface area contributed by atoms with Crippen LogP contribution in [-0.2, 0) is 4.74 Å². The molecule has 1 N–H and O–H groups in total. The monoisotopic (exact) mass is 280 g/mol. The van der Waals surface area contributed by atoms with Crippen LogP contribution in [-0.4, -0.2) is 22.7 Å². The van der Waals surface area contributed by atoms with E-state index in [4.69, 9.17) is 4.74 Å². The molecular weight excluding hydrogens is 260 g/mol. The smallest absolute Gasteiger partial charge is 0.408 e. The summed E-state index contributed by atoms with van der Waals surface area (Å²) < 4.78 is 5.15. The highest BCUT2D eigenvalue weighted by atomic mass is 16.6. The molecular formula is C14H20N2O4. The van der Waals surface area contributed by atoms with Crippen molar-refractivity contribution in [1.29, 1.82) is 0 Å². The standard InChI is InChI=1S/C14H20N2O4/c1-10(16(18)19)12(11-8-6-5-7-9-11)15-13(17)20-14(2,3)4/h5-10,12H,1-4H3,(H,15,17)/t10-,12+/m1/s1. The molecule has 1 aromatic rings. The fourth-order valence-electron chi connectivity index (χ4n) is 1.70. The van der Waals surface area contributed by atoms with Crippen LogP contribution < -0.4 is 5.32 Å². The number of rotatable bonds is 4. The second-order valence-corrected chi connectivity index (χ2v) is 5.56. The topological polar surface area (TPSA) is 81.5 Å². The average Bonchev–Trinajstić information content (AvgIpc) is 2.34. The van der Waals surface area contributed by atoms with Crippen LogP contribution in [0.1, 0.15) is 39.3 Å². The molecule has 0 spiro atoms. The highest BCUT2D eigenvalue weighted by Gasteiger charge is 2.31. The van der Waals surface area contributed by atoms with Crippen molar-refractivity contribution in [2.45, 2.75) is 45.4 Å². The van der Waals surface area contributed by atoms with Crippen LogP contribution in [0.5, 0.6) is 0 Å². The molecule has 2 atom stereocenters. The summed E-state index contributed by atoms with van der Waals surface area (Å²) >= 11 is 0. The minimum Gasteiger partial charge on any atom is -0.444 e. The summed E-state index contributed by atoms with van der Waals surface area (Å²) in [4.78, 5) is 22.4. The van der Waals surface area contributed by atoms with E-state index in [1.807, 2.05) is 6.07 Å². The zero-order chi connectivity index (χ0) is 15.3. The number of carbonyl (C=O) groups excluding carboxylic acids is 1. The molecule has 0 unspecified atom stereocenters. The normalized spacial score (nSPS) is 14.2. The van der Waals surface area contributed by atoms with E-state index in [0.29, 0.717) is 5.56 Å². The Labute approximate surface area is 118 Å². The second kappa shape index (κ2) is 6.36. The molecule has 110 valence electrons. The van der Waals surface area contributed by atoms with Crippen molar-refractivity contribution in [3.8, 4) is 0 Å². The highest BCUT2D eigenvalue weighted by molar-refractivity contribution is 5.68. The Kier molecular flexibility index (Phi) is 5.07. The zero-order valence-corrected chi connectivity index (χ0v) is 12.1. The third kappa shape index (κ3) is 4.87. The van der Waals surface area contributed by atoms with E-state index in [9.17, 15) is 14.9 Å². The highest BCUT2D eigenvalue weighted by Crippen LogP contribution is 2.19. The van der Waals surface area contributed by atoms with Gasteiger partial charge in [-0.15, -0.1) is 0 Å². The Morgan fingerprint density at radius 3 is 2.30 bits per heavy atom. The number of benzene rings is 1. The van der Waals surface area contributed by atoms with Gasteiger partial charge in [-0.2, -0.15) is 0 Å². The van der Waals surface area contributed by atoms with Crippen molar-refractivity contribution in [2.24, 2.45) is 0 Å². The van der Waals surface area contributed by atoms with Gasteiger partial charge in [0.25, 0.3) is 0 Å². The van der Waals surface area contributed by atoms with E-state index < -0.39 is 28.7 Å². The number of nitrogens with one attached hydrogen (secondary N) is 1. The molecule has 0 saturated heterocycles. The Hall–Kier alpha value is -2.11. The molecule has 1 rings (SSSR count). The summed E-state index contributed by atoms with van der Waals surface area (Å²) in [5, 5.41) is 13.6. The summed E-state index contributed by atoms with van der Waals surface area (Å²) in [5.41, 5.74) is 0.0194. The fraction of sp³-hybridized carbons (Fsp3) is 0.500. The molecule has 0 aliphatic rings. The number of ether oxygens (including phenoxy) is 1. The van der Waals surface area contributed by atoms with Crippen molar-refractivity contribution in [3.05, 3.63) is 46.0 Å². The van der Waals surface area contributed by atoms with Gasteiger partial charge in [-0.25, -0.2) is 4.79 Å². The molecule has 6 heteroatoms. The van der Waals surface area contributed by atoms with Gasteiger partial charge in [0, 0.05) is 11.8 Å². The minimum atomic E-state index is -0.954. The predicted molar refractivity (Wildman–Crippen MR) is 75.0 cm³/mol. The third-order valence-corrected chi connectivity index (χ3v) is 2.65. The van der Waals surface area contributed by atoms with E-state index in [-0.39, 0.29) is 0 Å². The van der Waals surface area contributed by atoms with Gasteiger partial charge in [0.2, 0.25) is 6.04 Å². The van der Waals surface area contributed by atoms with Crippen LogP contribution in [0.2, 0.25) is 0 Å². The van der Waals surface area contributed by atoms with Gasteiger partial charge in [0.15, 0.2) is 0 Å². The Morgan fingerprint density at radius 1 is 1.30 bits per heavy atom. The molecule has 0 radical (unpaired) electrons. The lowest BCUT2D eigenvalue weighted by Gasteiger charge is -2.24. The van der Waals surface area contributed by atoms with Crippen LogP contribution in [0.3, 0.4) is 0 Å². The first-order valence-corrected chi connectivity index (χ1v) is 6.38. The fourth-order valence-corrected chi connectivity index (χ4v) is 1.70. The number of hydrogen-bond acceptors (Lipinski definition) is 4. The molecule has 0 heterocycles. The number of nitro groups is 1. The minimum absolute atomic E-state index is 0.422. The molecule has 0 aliphatic carbocycles. The number of nitrogens with zero attached hydrogens (tertiary/aromatic N) is 1. The van der Waals surface area contributed by atoms with Crippen molar-refractivity contribution in [3.63, 3.8) is 0 Å². The number of alkyl carbamates (subject to hydrolysis) is 1. The Bertz CT molecular complexity index is 468. The van der Waals surface area contributed by atoms with Gasteiger partial charge in [-0.05, 0) is 26.3 Å². The lowest BCUT2D eigenvalue weighted by atomic mass is 10.0. The second-order valence-electron chi connectivity index (χ2n) is 5.56.